The van der Waals surface area contributed by atoms with E-state index in [-0.39, 0.29) is 31.9 Å². The summed E-state index contributed by atoms with van der Waals surface area (Å²) in [5, 5.41) is 7.64. The summed E-state index contributed by atoms with van der Waals surface area (Å²) >= 11 is 0. The third-order valence-corrected chi connectivity index (χ3v) is 17.0. The van der Waals surface area contributed by atoms with E-state index in [2.05, 4.69) is 159 Å². The van der Waals surface area contributed by atoms with Gasteiger partial charge >= 0.3 is 17.1 Å². The van der Waals surface area contributed by atoms with E-state index in [4.69, 9.17) is 0 Å². The van der Waals surface area contributed by atoms with Crippen LogP contribution >= 0.6 is 15.8 Å². The number of hydrogen-bond acceptors (Lipinski definition) is 0. The first-order valence-electron chi connectivity index (χ1n) is 20.0. The van der Waals surface area contributed by atoms with Gasteiger partial charge in [0.1, 0.15) is 0 Å². The van der Waals surface area contributed by atoms with Crippen LogP contribution in [0.15, 0.2) is 97.1 Å². The van der Waals surface area contributed by atoms with E-state index in [1.165, 1.54) is 106 Å². The van der Waals surface area contributed by atoms with Gasteiger partial charge in [-0.25, -0.2) is 0 Å². The second-order valence-electron chi connectivity index (χ2n) is 16.3. The van der Waals surface area contributed by atoms with Gasteiger partial charge in [0.25, 0.3) is 0 Å². The summed E-state index contributed by atoms with van der Waals surface area (Å²) in [6.45, 7) is 20.7. The molecule has 7 rings (SSSR count). The van der Waals surface area contributed by atoms with E-state index in [0.717, 1.165) is 0 Å². The van der Waals surface area contributed by atoms with Crippen LogP contribution in [-0.4, -0.2) is 5.66 Å². The van der Waals surface area contributed by atoms with E-state index in [1.54, 1.807) is 21.5 Å². The Morgan fingerprint density at radius 3 is 1.42 bits per heavy atom. The molecule has 0 heterocycles. The molecule has 2 fully saturated rings. The summed E-state index contributed by atoms with van der Waals surface area (Å²) < 4.78 is 0. The molecule has 0 amide bonds. The Morgan fingerprint density at radius 2 is 0.927 bits per heavy atom. The van der Waals surface area contributed by atoms with Crippen LogP contribution in [0.5, 0.6) is 0 Å². The van der Waals surface area contributed by atoms with Crippen molar-refractivity contribution in [2.75, 3.05) is 0 Å². The van der Waals surface area contributed by atoms with Crippen LogP contribution in [0.1, 0.15) is 114 Å². The van der Waals surface area contributed by atoms with Gasteiger partial charge in [-0.2, -0.15) is 0 Å². The Bertz CT molecular complexity index is 1870. The van der Waals surface area contributed by atoms with Crippen molar-refractivity contribution in [1.29, 1.82) is 0 Å². The average Bonchev–Trinajstić information content (AvgIpc) is 3.82. The topological polar surface area (TPSA) is 0 Å². The Morgan fingerprint density at radius 1 is 0.473 bits per heavy atom. The van der Waals surface area contributed by atoms with Crippen molar-refractivity contribution in [1.82, 2.24) is 0 Å². The molecule has 0 aliphatic heterocycles. The van der Waals surface area contributed by atoms with E-state index in [0.29, 0.717) is 17.5 Å². The van der Waals surface area contributed by atoms with Crippen molar-refractivity contribution in [3.63, 3.8) is 0 Å². The fraction of sp³-hybridized carbons (Fsp3) is 0.385. The molecule has 0 spiro atoms. The molecule has 2 saturated carbocycles. The largest absolute Gasteiger partial charge is 2.00 e. The van der Waals surface area contributed by atoms with Crippen LogP contribution in [0.4, 0.5) is 0 Å². The summed E-state index contributed by atoms with van der Waals surface area (Å²) in [5.74, 6) is 1.11. The second kappa shape index (κ2) is 21.3. The van der Waals surface area contributed by atoms with Crippen molar-refractivity contribution >= 4 is 42.4 Å². The number of benzene rings is 5. The predicted octanol–water partition coefficient (Wildman–Crippen LogP) is 13.2. The number of aryl methyl sites for hydroxylation is 8. The van der Waals surface area contributed by atoms with Crippen molar-refractivity contribution in [3.8, 4) is 0 Å². The van der Waals surface area contributed by atoms with Crippen LogP contribution in [-0.2, 0) is 17.1 Å². The molecular formula is C52H68FeP2. The zero-order valence-electron chi connectivity index (χ0n) is 35.9. The molecule has 0 saturated heterocycles. The van der Waals surface area contributed by atoms with Gasteiger partial charge in [0.15, 0.2) is 0 Å². The molecule has 294 valence electrons. The SMILES string of the molecule is C1CCCC1.Cc1cc(C)cc(P(c2cc(C)ccc2C)c2ccccc2C(C)C2CCCC2P(c2cc(C)cc(C)c2)c2cc(C)cc(C)c2)c1.[CH3-].[CH3-].[Fe+2]. The van der Waals surface area contributed by atoms with E-state index < -0.39 is 15.8 Å². The second-order valence-corrected chi connectivity index (χ2v) is 20.9. The molecule has 0 N–H and O–H groups in total. The first-order chi connectivity index (χ1) is 25.0. The standard InChI is InChI=1S/C45H52P2.C5H10.2CH3.Fe/c1-29-17-18-36(8)45(28-29)47(40-26-34(6)21-35(7)27-40)44-15-11-10-13-41(44)37(9)42-14-12-16-43(42)46(38-22-30(2)19-31(3)23-38)39-24-32(4)20-33(5)25-39;1-2-4-5-3-1;;;/h10-11,13,15,17-28,37,42-43H,12,14,16H2,1-9H3;1-5H2;2*1H3;/q;;2*-1;+2. The summed E-state index contributed by atoms with van der Waals surface area (Å²) in [4.78, 5) is 0. The smallest absolute Gasteiger partial charge is 0.358 e. The quantitative estimate of drug-likeness (QED) is 0.0832. The van der Waals surface area contributed by atoms with Crippen LogP contribution in [0.3, 0.4) is 0 Å². The van der Waals surface area contributed by atoms with Gasteiger partial charge in [0, 0.05) is 0 Å². The summed E-state index contributed by atoms with van der Waals surface area (Å²) in [7, 11) is -1.22. The Labute approximate surface area is 350 Å². The maximum absolute atomic E-state index is 2.57. The number of rotatable bonds is 8. The fourth-order valence-corrected chi connectivity index (χ4v) is 15.9. The molecule has 4 atom stereocenters. The minimum Gasteiger partial charge on any atom is -0.358 e. The van der Waals surface area contributed by atoms with Crippen molar-refractivity contribution < 1.29 is 17.1 Å². The van der Waals surface area contributed by atoms with Crippen molar-refractivity contribution in [2.45, 2.75) is 125 Å². The predicted molar refractivity (Wildman–Crippen MR) is 248 cm³/mol. The minimum atomic E-state index is -0.712. The first kappa shape index (κ1) is 46.9. The van der Waals surface area contributed by atoms with Gasteiger partial charge in [-0.15, -0.1) is 0 Å². The van der Waals surface area contributed by atoms with Gasteiger partial charge in [-0.05, 0) is 139 Å². The van der Waals surface area contributed by atoms with Gasteiger partial charge in [-0.3, -0.25) is 0 Å². The Hall–Kier alpha value is -2.52. The average molecular weight is 811 g/mol. The zero-order valence-corrected chi connectivity index (χ0v) is 38.8. The Kier molecular flexibility index (Phi) is 18.1. The molecule has 2 aliphatic rings. The van der Waals surface area contributed by atoms with Crippen molar-refractivity contribution in [2.24, 2.45) is 5.92 Å². The molecule has 55 heavy (non-hydrogen) atoms. The minimum absolute atomic E-state index is 0. The Balaban J connectivity index is 0.000000940. The molecule has 0 aromatic heterocycles. The molecule has 0 nitrogen and oxygen atoms in total. The maximum atomic E-state index is 2.57. The fourth-order valence-electron chi connectivity index (χ4n) is 9.22. The van der Waals surface area contributed by atoms with Crippen LogP contribution in [0.2, 0.25) is 0 Å². The molecule has 3 heteroatoms. The molecular weight excluding hydrogens is 742 g/mol. The molecule has 0 bridgehead atoms. The molecule has 2 aliphatic carbocycles. The van der Waals surface area contributed by atoms with Crippen LogP contribution in [0, 0.1) is 76.2 Å². The van der Waals surface area contributed by atoms with Gasteiger partial charge in [0.05, 0.1) is 0 Å². The molecule has 5 aromatic rings. The van der Waals surface area contributed by atoms with Gasteiger partial charge in [0.2, 0.25) is 0 Å². The van der Waals surface area contributed by atoms with Crippen LogP contribution in [0.25, 0.3) is 0 Å². The molecule has 5 aromatic carbocycles. The maximum Gasteiger partial charge on any atom is 2.00 e. The molecule has 0 radical (unpaired) electrons. The van der Waals surface area contributed by atoms with E-state index in [1.807, 2.05) is 0 Å². The van der Waals surface area contributed by atoms with Crippen LogP contribution < -0.4 is 26.5 Å². The van der Waals surface area contributed by atoms with Gasteiger partial charge in [-0.1, -0.05) is 181 Å². The summed E-state index contributed by atoms with van der Waals surface area (Å²) in [6, 6.07) is 38.5. The number of hydrogen-bond donors (Lipinski definition) is 0. The third-order valence-electron chi connectivity index (χ3n) is 11.5. The summed E-state index contributed by atoms with van der Waals surface area (Å²) in [6.07, 6.45) is 11.4. The van der Waals surface area contributed by atoms with E-state index >= 15 is 0 Å². The van der Waals surface area contributed by atoms with E-state index in [9.17, 15) is 0 Å². The summed E-state index contributed by atoms with van der Waals surface area (Å²) in [5.41, 5.74) is 13.2. The van der Waals surface area contributed by atoms with Crippen molar-refractivity contribution in [3.05, 3.63) is 162 Å². The monoisotopic (exact) mass is 810 g/mol. The third kappa shape index (κ3) is 11.5. The zero-order chi connectivity index (χ0) is 36.9. The molecule has 4 unspecified atom stereocenters. The normalized spacial score (nSPS) is 17.3. The van der Waals surface area contributed by atoms with Gasteiger partial charge < -0.3 is 14.9 Å². The first-order valence-corrected chi connectivity index (χ1v) is 22.7.